The number of nitrogens with one attached hydrogen (secondary N) is 1. The highest BCUT2D eigenvalue weighted by Crippen LogP contribution is 2.50. The van der Waals surface area contributed by atoms with Crippen molar-refractivity contribution in [3.05, 3.63) is 41.5 Å². The van der Waals surface area contributed by atoms with E-state index in [1.807, 2.05) is 9.80 Å². The van der Waals surface area contributed by atoms with Crippen LogP contribution in [0.25, 0.3) is 0 Å². The average molecular weight is 446 g/mol. The molecule has 3 fully saturated rings. The lowest BCUT2D eigenvalue weighted by molar-refractivity contribution is -0.138. The van der Waals surface area contributed by atoms with Gasteiger partial charge in [0, 0.05) is 37.5 Å². The highest BCUT2D eigenvalue weighted by molar-refractivity contribution is 5.76. The van der Waals surface area contributed by atoms with Crippen LogP contribution in [-0.4, -0.2) is 63.3 Å². The minimum Gasteiger partial charge on any atom is -0.490 e. The zero-order valence-electron chi connectivity index (χ0n) is 17.1. The Bertz CT molecular complexity index is 1050. The number of ether oxygens (including phenoxy) is 1. The van der Waals surface area contributed by atoms with Gasteiger partial charge in [-0.3, -0.25) is 5.10 Å². The van der Waals surface area contributed by atoms with Gasteiger partial charge in [0.25, 0.3) is 0 Å². The summed E-state index contributed by atoms with van der Waals surface area (Å²) in [6.07, 6.45) is -1.10. The van der Waals surface area contributed by atoms with Crippen LogP contribution in [0.5, 0.6) is 5.75 Å². The molecule has 2 aliphatic heterocycles. The number of nitrogens with zero attached hydrogens (tertiary/aromatic N) is 5. The van der Waals surface area contributed by atoms with Gasteiger partial charge in [-0.2, -0.15) is 23.5 Å². The summed E-state index contributed by atoms with van der Waals surface area (Å²) >= 11 is 0. The van der Waals surface area contributed by atoms with Crippen LogP contribution >= 0.6 is 0 Å². The number of H-pyrrole nitrogens is 1. The van der Waals surface area contributed by atoms with Crippen LogP contribution in [0, 0.1) is 16.7 Å². The van der Waals surface area contributed by atoms with Crippen LogP contribution in [0.4, 0.5) is 18.0 Å². The van der Waals surface area contributed by atoms with Gasteiger partial charge in [-0.25, -0.2) is 9.78 Å². The van der Waals surface area contributed by atoms with Crippen molar-refractivity contribution >= 4 is 6.03 Å². The third kappa shape index (κ3) is 3.63. The number of alkyl halides is 3. The van der Waals surface area contributed by atoms with Crippen molar-refractivity contribution in [1.82, 2.24) is 25.0 Å². The normalized spacial score (nSPS) is 22.4. The number of carbonyl (C=O) groups is 1. The Morgan fingerprint density at radius 3 is 2.72 bits per heavy atom. The van der Waals surface area contributed by atoms with Gasteiger partial charge in [0.1, 0.15) is 24.0 Å². The summed E-state index contributed by atoms with van der Waals surface area (Å²) in [5, 5.41) is 15.6. The Balaban J connectivity index is 1.12. The lowest BCUT2D eigenvalue weighted by Gasteiger charge is -2.58. The Kier molecular flexibility index (Phi) is 4.76. The summed E-state index contributed by atoms with van der Waals surface area (Å²) < 4.78 is 45.1. The molecule has 1 saturated carbocycles. The molecular weight excluding hydrogens is 425 g/mol. The van der Waals surface area contributed by atoms with Crippen LogP contribution in [-0.2, 0) is 6.18 Å². The first kappa shape index (κ1) is 20.6. The van der Waals surface area contributed by atoms with E-state index in [0.717, 1.165) is 24.4 Å². The number of halogens is 3. The minimum absolute atomic E-state index is 0.0101. The Morgan fingerprint density at radius 1 is 1.28 bits per heavy atom. The van der Waals surface area contributed by atoms with E-state index >= 15 is 0 Å². The van der Waals surface area contributed by atoms with Gasteiger partial charge in [-0.05, 0) is 37.5 Å². The number of urea groups is 1. The summed E-state index contributed by atoms with van der Waals surface area (Å²) in [5.41, 5.74) is -1.42. The smallest absolute Gasteiger partial charge is 0.417 e. The second kappa shape index (κ2) is 7.39. The van der Waals surface area contributed by atoms with Crippen LogP contribution in [0.15, 0.2) is 24.5 Å². The van der Waals surface area contributed by atoms with Crippen LogP contribution in [0.2, 0.25) is 0 Å². The molecule has 2 saturated heterocycles. The number of nitriles is 1. The number of hydrogen-bond acceptors (Lipinski definition) is 5. The maximum absolute atomic E-state index is 13.1. The van der Waals surface area contributed by atoms with E-state index in [2.05, 4.69) is 15.2 Å². The molecule has 0 radical (unpaired) electrons. The predicted molar refractivity (Wildman–Crippen MR) is 105 cm³/mol. The number of aromatic nitrogens is 3. The van der Waals surface area contributed by atoms with Crippen molar-refractivity contribution in [2.75, 3.05) is 26.2 Å². The van der Waals surface area contributed by atoms with Gasteiger partial charge < -0.3 is 14.5 Å². The predicted octanol–water partition coefficient (Wildman–Crippen LogP) is 3.15. The van der Waals surface area contributed by atoms with Crippen LogP contribution < -0.4 is 4.74 Å². The second-order valence-electron chi connectivity index (χ2n) is 8.91. The first-order valence-corrected chi connectivity index (χ1v) is 10.4. The molecule has 3 heterocycles. The molecule has 1 N–H and O–H groups in total. The summed E-state index contributed by atoms with van der Waals surface area (Å²) in [6, 6.07) is 5.00. The van der Waals surface area contributed by atoms with Gasteiger partial charge >= 0.3 is 12.2 Å². The second-order valence-corrected chi connectivity index (χ2v) is 8.91. The molecule has 32 heavy (non-hydrogen) atoms. The molecule has 2 amide bonds. The molecule has 168 valence electrons. The fraction of sp³-hybridized carbons (Fsp3) is 0.524. The van der Waals surface area contributed by atoms with Crippen molar-refractivity contribution < 1.29 is 22.7 Å². The molecule has 0 unspecified atom stereocenters. The summed E-state index contributed by atoms with van der Waals surface area (Å²) in [4.78, 5) is 20.6. The Morgan fingerprint density at radius 2 is 2.06 bits per heavy atom. The average Bonchev–Trinajstić information content (AvgIpc) is 3.39. The third-order valence-electron chi connectivity index (χ3n) is 6.64. The van der Waals surface area contributed by atoms with Gasteiger partial charge in [-0.1, -0.05) is 0 Å². The van der Waals surface area contributed by atoms with Gasteiger partial charge in [0.15, 0.2) is 0 Å². The fourth-order valence-electron chi connectivity index (χ4n) is 5.04. The van der Waals surface area contributed by atoms with Gasteiger partial charge in [0.05, 0.1) is 17.2 Å². The van der Waals surface area contributed by atoms with E-state index < -0.39 is 17.3 Å². The lowest BCUT2D eigenvalue weighted by Crippen LogP contribution is -2.67. The summed E-state index contributed by atoms with van der Waals surface area (Å²) in [5.74, 6) is 1.09. The number of likely N-dealkylation sites (tertiary alicyclic amines) is 2. The Labute approximate surface area is 182 Å². The van der Waals surface area contributed by atoms with Crippen molar-refractivity contribution in [3.63, 3.8) is 0 Å². The van der Waals surface area contributed by atoms with Crippen molar-refractivity contribution in [2.45, 2.75) is 37.5 Å². The van der Waals surface area contributed by atoms with Gasteiger partial charge in [0.2, 0.25) is 0 Å². The van der Waals surface area contributed by atoms with E-state index in [0.29, 0.717) is 39.0 Å². The maximum atomic E-state index is 13.1. The zero-order chi connectivity index (χ0) is 22.5. The fourth-order valence-corrected chi connectivity index (χ4v) is 5.04. The molecule has 3 aliphatic rings. The standard InChI is InChI=1S/C21H21F3N6O2/c22-21(23,24)17-5-15(2-1-13(17)8-25)32-16-6-20(7-16)10-30(11-20)19(31)29-4-3-14(9-29)18-26-12-27-28-18/h1-2,5,12,14,16H,3-4,6-7,9-11H2,(H,26,27,28)/t14-/m0/s1. The SMILES string of the molecule is N#Cc1ccc(OC2CC3(C2)CN(C(=O)N2CC[C@H](c4ncn[nH]4)C2)C3)cc1C(F)(F)F. The third-order valence-corrected chi connectivity index (χ3v) is 6.64. The van der Waals surface area contributed by atoms with Crippen molar-refractivity contribution in [1.29, 1.82) is 5.26 Å². The highest BCUT2D eigenvalue weighted by Gasteiger charge is 2.55. The molecule has 0 bridgehead atoms. The molecule has 2 aromatic rings. The van der Waals surface area contributed by atoms with E-state index in [9.17, 15) is 18.0 Å². The Hall–Kier alpha value is -3.29. The molecule has 1 aromatic carbocycles. The minimum atomic E-state index is -4.61. The highest BCUT2D eigenvalue weighted by atomic mass is 19.4. The maximum Gasteiger partial charge on any atom is 0.417 e. The number of amides is 2. The number of aromatic amines is 1. The zero-order valence-corrected chi connectivity index (χ0v) is 17.1. The molecule has 1 aliphatic carbocycles. The molecule has 1 spiro atoms. The van der Waals surface area contributed by atoms with E-state index in [1.165, 1.54) is 12.4 Å². The first-order chi connectivity index (χ1) is 15.3. The van der Waals surface area contributed by atoms with E-state index in [4.69, 9.17) is 10.00 Å². The summed E-state index contributed by atoms with van der Waals surface area (Å²) in [6.45, 7) is 2.57. The molecule has 8 nitrogen and oxygen atoms in total. The molecular formula is C21H21F3N6O2. The molecule has 5 rings (SSSR count). The van der Waals surface area contributed by atoms with Crippen LogP contribution in [0.3, 0.4) is 0 Å². The topological polar surface area (TPSA) is 98.1 Å². The van der Waals surface area contributed by atoms with Gasteiger partial charge in [-0.15, -0.1) is 0 Å². The largest absolute Gasteiger partial charge is 0.490 e. The lowest BCUT2D eigenvalue weighted by atomic mass is 9.62. The first-order valence-electron chi connectivity index (χ1n) is 10.4. The number of rotatable bonds is 3. The van der Waals surface area contributed by atoms with Crippen LogP contribution in [0.1, 0.15) is 42.1 Å². The van der Waals surface area contributed by atoms with E-state index in [1.54, 1.807) is 6.07 Å². The molecule has 11 heteroatoms. The number of benzene rings is 1. The van der Waals surface area contributed by atoms with Crippen molar-refractivity contribution in [2.24, 2.45) is 5.41 Å². The number of hydrogen-bond donors (Lipinski definition) is 1. The summed E-state index contributed by atoms with van der Waals surface area (Å²) in [7, 11) is 0. The molecule has 1 aromatic heterocycles. The van der Waals surface area contributed by atoms with Crippen molar-refractivity contribution in [3.8, 4) is 11.8 Å². The monoisotopic (exact) mass is 446 g/mol. The number of carbonyl (C=O) groups excluding carboxylic acids is 1. The molecule has 1 atom stereocenters. The quantitative estimate of drug-likeness (QED) is 0.781. The van der Waals surface area contributed by atoms with E-state index in [-0.39, 0.29) is 29.2 Å².